The van der Waals surface area contributed by atoms with Crippen molar-refractivity contribution in [2.24, 2.45) is 17.3 Å². The highest BCUT2D eigenvalue weighted by atomic mass is 35.5. The standard InChI is InChI=1S/C28H37Cl2N3O3S2/c1-27(2,3)32-38-20-12-11-18(21(29)22(20)30)23-19(13-16-9-7-6-8-10-16)31-24(37-23)25(34)33-14-17(15-33)28(4,5)26(35)36/h11-12,16-17,32H,6-10,13-15H2,1-5H3,(H,35,36). The minimum Gasteiger partial charge on any atom is -0.481 e. The van der Waals surface area contributed by atoms with E-state index in [0.29, 0.717) is 34.1 Å². The van der Waals surface area contributed by atoms with Gasteiger partial charge >= 0.3 is 5.97 Å². The van der Waals surface area contributed by atoms with Crippen LogP contribution in [0.3, 0.4) is 0 Å². The van der Waals surface area contributed by atoms with Crippen LogP contribution < -0.4 is 4.72 Å². The van der Waals surface area contributed by atoms with Crippen molar-refractivity contribution in [1.29, 1.82) is 0 Å². The zero-order valence-corrected chi connectivity index (χ0v) is 25.8. The van der Waals surface area contributed by atoms with Crippen molar-refractivity contribution in [2.45, 2.75) is 83.6 Å². The Bertz CT molecular complexity index is 1200. The van der Waals surface area contributed by atoms with Crippen LogP contribution in [0.15, 0.2) is 17.0 Å². The average Bonchev–Trinajstić information content (AvgIpc) is 3.22. The second-order valence-corrected chi connectivity index (χ2v) is 14.7. The maximum absolute atomic E-state index is 13.4. The maximum atomic E-state index is 13.4. The Labute approximate surface area is 244 Å². The lowest BCUT2D eigenvalue weighted by Gasteiger charge is -2.45. The van der Waals surface area contributed by atoms with E-state index in [1.807, 2.05) is 12.1 Å². The largest absolute Gasteiger partial charge is 0.481 e. The summed E-state index contributed by atoms with van der Waals surface area (Å²) in [5.74, 6) is -0.526. The number of benzene rings is 1. The van der Waals surface area contributed by atoms with E-state index in [-0.39, 0.29) is 17.4 Å². The predicted molar refractivity (Wildman–Crippen MR) is 157 cm³/mol. The summed E-state index contributed by atoms with van der Waals surface area (Å²) in [7, 11) is 0. The van der Waals surface area contributed by atoms with Gasteiger partial charge in [-0.2, -0.15) is 0 Å². The molecular weight excluding hydrogens is 561 g/mol. The third-order valence-electron chi connectivity index (χ3n) is 7.59. The maximum Gasteiger partial charge on any atom is 0.309 e. The number of nitrogens with one attached hydrogen (secondary N) is 1. The molecule has 1 aromatic heterocycles. The number of hydrogen-bond acceptors (Lipinski definition) is 6. The molecule has 38 heavy (non-hydrogen) atoms. The Kier molecular flexibility index (Phi) is 9.10. The Morgan fingerprint density at radius 3 is 2.37 bits per heavy atom. The van der Waals surface area contributed by atoms with Gasteiger partial charge in [-0.05, 0) is 65.0 Å². The number of hydrogen-bond donors (Lipinski definition) is 2. The molecule has 1 saturated heterocycles. The van der Waals surface area contributed by atoms with E-state index >= 15 is 0 Å². The van der Waals surface area contributed by atoms with Gasteiger partial charge in [0.1, 0.15) is 0 Å². The third kappa shape index (κ3) is 6.52. The number of halogens is 2. The zero-order chi connectivity index (χ0) is 27.8. The van der Waals surface area contributed by atoms with Gasteiger partial charge in [-0.25, -0.2) is 4.98 Å². The Morgan fingerprint density at radius 2 is 1.76 bits per heavy atom. The van der Waals surface area contributed by atoms with Crippen LogP contribution in [0.4, 0.5) is 0 Å². The molecule has 0 bridgehead atoms. The van der Waals surface area contributed by atoms with E-state index in [0.717, 1.165) is 27.5 Å². The number of likely N-dealkylation sites (tertiary alicyclic amines) is 1. The van der Waals surface area contributed by atoms with Crippen LogP contribution >= 0.6 is 46.5 Å². The van der Waals surface area contributed by atoms with Crippen LogP contribution in [0.25, 0.3) is 10.4 Å². The zero-order valence-electron chi connectivity index (χ0n) is 22.7. The summed E-state index contributed by atoms with van der Waals surface area (Å²) < 4.78 is 3.37. The van der Waals surface area contributed by atoms with E-state index in [1.165, 1.54) is 55.4 Å². The van der Waals surface area contributed by atoms with Gasteiger partial charge in [0.05, 0.1) is 26.0 Å². The normalized spacial score (nSPS) is 17.5. The average molecular weight is 599 g/mol. The second kappa shape index (κ2) is 11.7. The summed E-state index contributed by atoms with van der Waals surface area (Å²) in [6, 6.07) is 3.94. The minimum atomic E-state index is -0.872. The van der Waals surface area contributed by atoms with Crippen molar-refractivity contribution < 1.29 is 14.7 Å². The monoisotopic (exact) mass is 597 g/mol. The first kappa shape index (κ1) is 29.7. The molecule has 0 unspecified atom stereocenters. The van der Waals surface area contributed by atoms with Gasteiger partial charge in [-0.1, -0.05) is 61.4 Å². The van der Waals surface area contributed by atoms with Gasteiger partial charge in [0, 0.05) is 35.0 Å². The van der Waals surface area contributed by atoms with E-state index < -0.39 is 11.4 Å². The fraction of sp³-hybridized carbons (Fsp3) is 0.607. The lowest BCUT2D eigenvalue weighted by Crippen LogP contribution is -2.57. The number of rotatable bonds is 8. The van der Waals surface area contributed by atoms with Gasteiger partial charge in [0.2, 0.25) is 0 Å². The summed E-state index contributed by atoms with van der Waals surface area (Å²) in [5.41, 5.74) is 0.740. The first-order valence-corrected chi connectivity index (χ1v) is 15.6. The molecule has 0 atom stereocenters. The van der Waals surface area contributed by atoms with Gasteiger partial charge in [0.25, 0.3) is 5.91 Å². The lowest BCUT2D eigenvalue weighted by atomic mass is 9.74. The number of aliphatic carboxylic acids is 1. The van der Waals surface area contributed by atoms with E-state index in [1.54, 1.807) is 18.7 Å². The van der Waals surface area contributed by atoms with Gasteiger partial charge in [0.15, 0.2) is 5.01 Å². The predicted octanol–water partition coefficient (Wildman–Crippen LogP) is 7.82. The van der Waals surface area contributed by atoms with Crippen molar-refractivity contribution in [3.63, 3.8) is 0 Å². The molecule has 1 aliphatic heterocycles. The summed E-state index contributed by atoms with van der Waals surface area (Å²) in [6.07, 6.45) is 6.87. The van der Waals surface area contributed by atoms with Crippen molar-refractivity contribution in [1.82, 2.24) is 14.6 Å². The van der Waals surface area contributed by atoms with Crippen LogP contribution in [-0.4, -0.2) is 45.5 Å². The highest BCUT2D eigenvalue weighted by molar-refractivity contribution is 7.97. The number of thiazole rings is 1. The van der Waals surface area contributed by atoms with Crippen molar-refractivity contribution in [3.8, 4) is 10.4 Å². The van der Waals surface area contributed by atoms with Crippen molar-refractivity contribution in [2.75, 3.05) is 13.1 Å². The molecule has 2 fully saturated rings. The molecule has 2 heterocycles. The number of aromatic nitrogens is 1. The molecule has 1 aromatic carbocycles. The molecule has 1 aliphatic carbocycles. The number of carbonyl (C=O) groups excluding carboxylic acids is 1. The molecule has 10 heteroatoms. The van der Waals surface area contributed by atoms with Crippen LogP contribution in [0, 0.1) is 17.3 Å². The molecule has 2 N–H and O–H groups in total. The molecule has 0 spiro atoms. The summed E-state index contributed by atoms with van der Waals surface area (Å²) >= 11 is 16.4. The first-order valence-electron chi connectivity index (χ1n) is 13.2. The summed E-state index contributed by atoms with van der Waals surface area (Å²) in [4.78, 5) is 33.3. The molecule has 2 aliphatic rings. The fourth-order valence-electron chi connectivity index (χ4n) is 4.86. The number of carboxylic acids is 1. The molecular formula is C28H37Cl2N3O3S2. The minimum absolute atomic E-state index is 0.0786. The quantitative estimate of drug-likeness (QED) is 0.302. The van der Waals surface area contributed by atoms with Crippen LogP contribution in [0.2, 0.25) is 10.0 Å². The molecule has 4 rings (SSSR count). The fourth-order valence-corrected chi connectivity index (χ4v) is 7.35. The van der Waals surface area contributed by atoms with Crippen molar-refractivity contribution >= 4 is 58.4 Å². The van der Waals surface area contributed by atoms with Gasteiger partial charge in [-0.15, -0.1) is 11.3 Å². The second-order valence-electron chi connectivity index (χ2n) is 12.1. The number of carboxylic acid groups (broad SMARTS) is 1. The molecule has 1 amide bonds. The van der Waals surface area contributed by atoms with Crippen LogP contribution in [0.1, 0.15) is 82.2 Å². The number of nitrogens with zero attached hydrogens (tertiary/aromatic N) is 2. The Hall–Kier alpha value is -1.32. The highest BCUT2D eigenvalue weighted by Gasteiger charge is 2.46. The van der Waals surface area contributed by atoms with Crippen molar-refractivity contribution in [3.05, 3.63) is 32.9 Å². The SMILES string of the molecule is CC(C)(C)NSc1ccc(-c2sc(C(=O)N3CC(C(C)(C)C(=O)O)C3)nc2CC2CCCCC2)c(Cl)c1Cl. The topological polar surface area (TPSA) is 82.5 Å². The van der Waals surface area contributed by atoms with E-state index in [4.69, 9.17) is 28.2 Å². The molecule has 2 aromatic rings. The van der Waals surface area contributed by atoms with E-state index in [2.05, 4.69) is 25.5 Å². The highest BCUT2D eigenvalue weighted by Crippen LogP contribution is 2.44. The van der Waals surface area contributed by atoms with Crippen LogP contribution in [-0.2, 0) is 11.2 Å². The van der Waals surface area contributed by atoms with Gasteiger partial charge in [-0.3, -0.25) is 14.3 Å². The summed E-state index contributed by atoms with van der Waals surface area (Å²) in [5, 5.41) is 10.9. The van der Waals surface area contributed by atoms with E-state index in [9.17, 15) is 14.7 Å². The third-order valence-corrected chi connectivity index (χ3v) is 11.0. The smallest absolute Gasteiger partial charge is 0.309 e. The van der Waals surface area contributed by atoms with Gasteiger partial charge < -0.3 is 10.0 Å². The molecule has 0 radical (unpaired) electrons. The van der Waals surface area contributed by atoms with Crippen LogP contribution in [0.5, 0.6) is 0 Å². The first-order chi connectivity index (χ1) is 17.8. The molecule has 1 saturated carbocycles. The molecule has 208 valence electrons. The number of amides is 1. The number of carbonyl (C=O) groups is 2. The Morgan fingerprint density at radius 1 is 1.11 bits per heavy atom. The summed E-state index contributed by atoms with van der Waals surface area (Å²) in [6.45, 7) is 10.5. The molecule has 6 nitrogen and oxygen atoms in total. The lowest BCUT2D eigenvalue weighted by molar-refractivity contribution is -0.153. The Balaban J connectivity index is 1.62.